The number of hydrogen-bond donors (Lipinski definition) is 1. The summed E-state index contributed by atoms with van der Waals surface area (Å²) in [6.45, 7) is 6.21. The number of anilines is 1. The topological polar surface area (TPSA) is 76.2 Å². The van der Waals surface area contributed by atoms with Crippen LogP contribution in [0.1, 0.15) is 6.92 Å². The highest BCUT2D eigenvalue weighted by Crippen LogP contribution is 2.40. The summed E-state index contributed by atoms with van der Waals surface area (Å²) in [5.74, 6) is 0.798. The van der Waals surface area contributed by atoms with Gasteiger partial charge in [0.25, 0.3) is 0 Å². The molecule has 0 bridgehead atoms. The van der Waals surface area contributed by atoms with Gasteiger partial charge in [-0.2, -0.15) is 0 Å². The Morgan fingerprint density at radius 2 is 2.04 bits per heavy atom. The van der Waals surface area contributed by atoms with Crippen LogP contribution in [0.25, 0.3) is 11.0 Å². The lowest BCUT2D eigenvalue weighted by molar-refractivity contribution is -0.384. The molecule has 0 unspecified atom stereocenters. The van der Waals surface area contributed by atoms with Gasteiger partial charge in [-0.3, -0.25) is 10.1 Å². The van der Waals surface area contributed by atoms with E-state index in [0.29, 0.717) is 21.0 Å². The van der Waals surface area contributed by atoms with Crippen molar-refractivity contribution in [1.82, 2.24) is 14.9 Å². The number of nitrogens with one attached hydrogen (secondary N) is 1. The smallest absolute Gasteiger partial charge is 0.312 e. The fourth-order valence-corrected chi connectivity index (χ4v) is 3.61. The number of nitrogens with zero attached hydrogens (tertiary/aromatic N) is 4. The van der Waals surface area contributed by atoms with E-state index in [9.17, 15) is 10.1 Å². The van der Waals surface area contributed by atoms with Crippen LogP contribution >= 0.6 is 44.3 Å². The van der Waals surface area contributed by atoms with Gasteiger partial charge >= 0.3 is 5.69 Å². The predicted octanol–water partition coefficient (Wildman–Crippen LogP) is 3.32. The van der Waals surface area contributed by atoms with Crippen LogP contribution in [0.5, 0.6) is 0 Å². The largest absolute Gasteiger partial charge is 0.340 e. The third-order valence-corrected chi connectivity index (χ3v) is 5.75. The maximum Gasteiger partial charge on any atom is 0.312 e. The van der Waals surface area contributed by atoms with E-state index in [0.717, 1.165) is 37.6 Å². The second kappa shape index (κ2) is 7.33. The third kappa shape index (κ3) is 3.19. The molecule has 0 atom stereocenters. The molecule has 1 N–H and O–H groups in total. The van der Waals surface area contributed by atoms with Crippen LogP contribution < -0.4 is 10.2 Å². The van der Waals surface area contributed by atoms with Gasteiger partial charge in [-0.15, -0.1) is 12.4 Å². The van der Waals surface area contributed by atoms with Crippen molar-refractivity contribution in [3.05, 3.63) is 25.1 Å². The van der Waals surface area contributed by atoms with Gasteiger partial charge in [0.15, 0.2) is 5.52 Å². The molecule has 1 saturated heterocycles. The van der Waals surface area contributed by atoms with Crippen LogP contribution in [-0.4, -0.2) is 40.7 Å². The summed E-state index contributed by atoms with van der Waals surface area (Å²) in [6, 6.07) is 1.88. The summed E-state index contributed by atoms with van der Waals surface area (Å²) in [4.78, 5) is 17.8. The summed E-state index contributed by atoms with van der Waals surface area (Å²) in [5.41, 5.74) is 1.21. The molecule has 0 saturated carbocycles. The highest BCUT2D eigenvalue weighted by Gasteiger charge is 2.27. The number of aromatic nitrogens is 2. The molecule has 1 aromatic heterocycles. The summed E-state index contributed by atoms with van der Waals surface area (Å²) < 4.78 is 3.12. The molecule has 0 amide bonds. The molecular formula is C13H16Br2ClN5O2. The van der Waals surface area contributed by atoms with Crippen LogP contribution in [0.15, 0.2) is 15.0 Å². The highest BCUT2D eigenvalue weighted by molar-refractivity contribution is 9.13. The second-order valence-electron chi connectivity index (χ2n) is 5.04. The first-order valence-electron chi connectivity index (χ1n) is 7.03. The lowest BCUT2D eigenvalue weighted by Crippen LogP contribution is -2.44. The summed E-state index contributed by atoms with van der Waals surface area (Å²) in [7, 11) is 0. The quantitative estimate of drug-likeness (QED) is 0.551. The van der Waals surface area contributed by atoms with Crippen LogP contribution in [0, 0.1) is 10.1 Å². The molecule has 2 heterocycles. The van der Waals surface area contributed by atoms with E-state index in [4.69, 9.17) is 0 Å². The molecule has 0 spiro atoms. The predicted molar refractivity (Wildman–Crippen MR) is 99.8 cm³/mol. The Bertz CT molecular complexity index is 746. The Morgan fingerprint density at radius 3 is 2.61 bits per heavy atom. The minimum atomic E-state index is -0.383. The van der Waals surface area contributed by atoms with Crippen LogP contribution in [-0.2, 0) is 6.54 Å². The lowest BCUT2D eigenvalue weighted by Gasteiger charge is -2.28. The summed E-state index contributed by atoms with van der Waals surface area (Å²) >= 11 is 6.68. The van der Waals surface area contributed by atoms with Crippen LogP contribution in [0.2, 0.25) is 0 Å². The van der Waals surface area contributed by atoms with E-state index in [2.05, 4.69) is 47.1 Å². The molecule has 126 valence electrons. The van der Waals surface area contributed by atoms with Crippen molar-refractivity contribution in [2.45, 2.75) is 13.5 Å². The van der Waals surface area contributed by atoms with E-state index in [1.54, 1.807) is 0 Å². The van der Waals surface area contributed by atoms with Crippen molar-refractivity contribution in [2.24, 2.45) is 0 Å². The Morgan fingerprint density at radius 1 is 1.39 bits per heavy atom. The molecule has 1 aliphatic heterocycles. The fourth-order valence-electron chi connectivity index (χ4n) is 2.76. The number of piperazine rings is 1. The average Bonchev–Trinajstić information content (AvgIpc) is 2.86. The molecule has 1 aromatic carbocycles. The van der Waals surface area contributed by atoms with Gasteiger partial charge in [-0.1, -0.05) is 0 Å². The first-order chi connectivity index (χ1) is 10.5. The van der Waals surface area contributed by atoms with E-state index in [1.807, 2.05) is 17.6 Å². The Balaban J connectivity index is 0.00000192. The third-order valence-electron chi connectivity index (χ3n) is 3.79. The molecule has 7 nitrogen and oxygen atoms in total. The molecule has 1 aliphatic rings. The molecule has 10 heteroatoms. The maximum atomic E-state index is 11.5. The van der Waals surface area contributed by atoms with E-state index in [-0.39, 0.29) is 23.0 Å². The second-order valence-corrected chi connectivity index (χ2v) is 6.69. The maximum absolute atomic E-state index is 11.5. The molecule has 0 aliphatic carbocycles. The van der Waals surface area contributed by atoms with Crippen LogP contribution in [0.3, 0.4) is 0 Å². The SMILES string of the molecule is CCn1c(N2CCNCC2)nc2c([N+](=O)[O-])c(Br)c(Br)cc21.Cl. The molecule has 1 fully saturated rings. The minimum absolute atomic E-state index is 0. The highest BCUT2D eigenvalue weighted by atomic mass is 79.9. The number of hydrogen-bond acceptors (Lipinski definition) is 5. The zero-order valence-electron chi connectivity index (χ0n) is 12.4. The normalized spacial score (nSPS) is 14.8. The molecule has 2 aromatic rings. The van der Waals surface area contributed by atoms with Crippen LogP contribution in [0.4, 0.5) is 11.6 Å². The number of aryl methyl sites for hydroxylation is 1. The van der Waals surface area contributed by atoms with Crippen molar-refractivity contribution in [1.29, 1.82) is 0 Å². The van der Waals surface area contributed by atoms with Gasteiger partial charge in [-0.25, -0.2) is 4.98 Å². The van der Waals surface area contributed by atoms with Crippen molar-refractivity contribution in [3.63, 3.8) is 0 Å². The van der Waals surface area contributed by atoms with Crippen molar-refractivity contribution < 1.29 is 4.92 Å². The Kier molecular flexibility index (Phi) is 5.88. The first kappa shape index (κ1) is 18.4. The van der Waals surface area contributed by atoms with Crippen molar-refractivity contribution >= 4 is 66.9 Å². The monoisotopic (exact) mass is 467 g/mol. The number of rotatable bonds is 3. The molecular weight excluding hydrogens is 453 g/mol. The van der Waals surface area contributed by atoms with Gasteiger partial charge in [0.05, 0.1) is 10.4 Å². The Labute approximate surface area is 156 Å². The zero-order valence-corrected chi connectivity index (χ0v) is 16.4. The van der Waals surface area contributed by atoms with Gasteiger partial charge in [0.1, 0.15) is 4.47 Å². The Hall–Kier alpha value is -0.900. The van der Waals surface area contributed by atoms with E-state index in [1.165, 1.54) is 0 Å². The number of nitro groups is 1. The summed E-state index contributed by atoms with van der Waals surface area (Å²) in [5, 5.41) is 14.8. The van der Waals surface area contributed by atoms with Gasteiger partial charge in [0.2, 0.25) is 5.95 Å². The number of halogens is 3. The fraction of sp³-hybridized carbons (Fsp3) is 0.462. The van der Waals surface area contributed by atoms with E-state index < -0.39 is 0 Å². The molecule has 0 radical (unpaired) electrons. The van der Waals surface area contributed by atoms with Crippen molar-refractivity contribution in [2.75, 3.05) is 31.1 Å². The van der Waals surface area contributed by atoms with Gasteiger partial charge in [0, 0.05) is 37.2 Å². The molecule has 23 heavy (non-hydrogen) atoms. The van der Waals surface area contributed by atoms with Gasteiger partial charge in [-0.05, 0) is 44.8 Å². The number of benzene rings is 1. The minimum Gasteiger partial charge on any atom is -0.340 e. The molecule has 3 rings (SSSR count). The first-order valence-corrected chi connectivity index (χ1v) is 8.61. The zero-order chi connectivity index (χ0) is 15.9. The number of fused-ring (bicyclic) bond motifs is 1. The van der Waals surface area contributed by atoms with Gasteiger partial charge < -0.3 is 14.8 Å². The standard InChI is InChI=1S/C13H15Br2N5O2.ClH/c1-2-19-9-7-8(14)10(15)12(20(21)22)11(9)17-13(19)18-5-3-16-4-6-18;/h7,16H,2-6H2,1H3;1H. The number of nitro benzene ring substituents is 1. The van der Waals surface area contributed by atoms with Crippen molar-refractivity contribution in [3.8, 4) is 0 Å². The van der Waals surface area contributed by atoms with E-state index >= 15 is 0 Å². The number of imidazole rings is 1. The summed E-state index contributed by atoms with van der Waals surface area (Å²) in [6.07, 6.45) is 0. The lowest BCUT2D eigenvalue weighted by atomic mass is 10.2. The average molecular weight is 470 g/mol.